The summed E-state index contributed by atoms with van der Waals surface area (Å²) in [6.45, 7) is 1.87. The molecule has 0 aromatic heterocycles. The van der Waals surface area contributed by atoms with Crippen molar-refractivity contribution in [2.24, 2.45) is 10.9 Å². The summed E-state index contributed by atoms with van der Waals surface area (Å²) in [4.78, 5) is 2.42. The van der Waals surface area contributed by atoms with Crippen molar-refractivity contribution in [1.29, 1.82) is 0 Å². The molecule has 1 atom stereocenters. The maximum atomic E-state index is 8.67. The second-order valence-corrected chi connectivity index (χ2v) is 5.28. The van der Waals surface area contributed by atoms with Gasteiger partial charge in [-0.15, -0.1) is 0 Å². The van der Waals surface area contributed by atoms with Crippen LogP contribution in [0.25, 0.3) is 0 Å². The first-order valence-electron chi connectivity index (χ1n) is 7.11. The van der Waals surface area contributed by atoms with Crippen molar-refractivity contribution in [1.82, 2.24) is 4.90 Å². The summed E-state index contributed by atoms with van der Waals surface area (Å²) in [6.07, 6.45) is 4.90. The van der Waals surface area contributed by atoms with E-state index in [1.807, 2.05) is 12.1 Å². The summed E-state index contributed by atoms with van der Waals surface area (Å²) in [5.74, 6) is 0.857. The van der Waals surface area contributed by atoms with E-state index in [9.17, 15) is 0 Å². The quantitative estimate of drug-likeness (QED) is 0.374. The number of nitrogens with two attached hydrogens (primary N) is 1. The molecule has 0 saturated carbocycles. The highest BCUT2D eigenvalue weighted by atomic mass is 16.5. The lowest BCUT2D eigenvalue weighted by Crippen LogP contribution is -2.37. The summed E-state index contributed by atoms with van der Waals surface area (Å²) >= 11 is 0. The minimum Gasteiger partial charge on any atom is -0.494 e. The lowest BCUT2D eigenvalue weighted by atomic mass is 10.0. The zero-order valence-corrected chi connectivity index (χ0v) is 12.0. The molecule has 0 spiro atoms. The smallest absolute Gasteiger partial charge is 0.170 e. The van der Waals surface area contributed by atoms with Crippen LogP contribution in [0.3, 0.4) is 0 Å². The summed E-state index contributed by atoms with van der Waals surface area (Å²) < 4.78 is 5.77. The summed E-state index contributed by atoms with van der Waals surface area (Å²) in [7, 11) is 2.18. The van der Waals surface area contributed by atoms with Gasteiger partial charge in [-0.2, -0.15) is 0 Å². The van der Waals surface area contributed by atoms with Gasteiger partial charge < -0.3 is 20.6 Å². The third kappa shape index (κ3) is 3.87. The van der Waals surface area contributed by atoms with Crippen LogP contribution in [-0.2, 0) is 0 Å². The molecule has 1 fully saturated rings. The molecule has 0 aliphatic carbocycles. The number of hydrogen-bond donors (Lipinski definition) is 2. The highest BCUT2D eigenvalue weighted by Crippen LogP contribution is 2.19. The molecule has 1 aromatic carbocycles. The first-order chi connectivity index (χ1) is 9.70. The Hall–Kier alpha value is -1.75. The Kier molecular flexibility index (Phi) is 5.24. The Morgan fingerprint density at radius 1 is 1.50 bits per heavy atom. The third-order valence-electron chi connectivity index (χ3n) is 3.88. The van der Waals surface area contributed by atoms with Crippen LogP contribution in [0.5, 0.6) is 5.75 Å². The zero-order chi connectivity index (χ0) is 14.4. The Labute approximate surface area is 120 Å². The van der Waals surface area contributed by atoms with Gasteiger partial charge in [0.25, 0.3) is 0 Å². The molecule has 1 aliphatic rings. The van der Waals surface area contributed by atoms with Crippen LogP contribution < -0.4 is 10.5 Å². The largest absolute Gasteiger partial charge is 0.494 e. The van der Waals surface area contributed by atoms with E-state index < -0.39 is 0 Å². The van der Waals surface area contributed by atoms with Crippen LogP contribution in [0.4, 0.5) is 0 Å². The lowest BCUT2D eigenvalue weighted by Gasteiger charge is -2.32. The molecular formula is C15H23N3O2. The first-order valence-corrected chi connectivity index (χ1v) is 7.11. The molecule has 5 nitrogen and oxygen atoms in total. The van der Waals surface area contributed by atoms with Crippen LogP contribution in [0.15, 0.2) is 29.4 Å². The molecule has 3 N–H and O–H groups in total. The fourth-order valence-electron chi connectivity index (χ4n) is 2.62. The average Bonchev–Trinajstić information content (AvgIpc) is 2.49. The van der Waals surface area contributed by atoms with Crippen LogP contribution in [-0.4, -0.2) is 42.2 Å². The van der Waals surface area contributed by atoms with Gasteiger partial charge in [-0.05, 0) is 45.0 Å². The van der Waals surface area contributed by atoms with E-state index in [4.69, 9.17) is 15.7 Å². The summed E-state index contributed by atoms with van der Waals surface area (Å²) in [5.41, 5.74) is 6.23. The third-order valence-corrected chi connectivity index (χ3v) is 3.88. The lowest BCUT2D eigenvalue weighted by molar-refractivity contribution is 0.153. The molecule has 1 saturated heterocycles. The van der Waals surface area contributed by atoms with Crippen LogP contribution >= 0.6 is 0 Å². The van der Waals surface area contributed by atoms with E-state index in [2.05, 4.69) is 17.1 Å². The number of oxime groups is 1. The molecule has 0 bridgehead atoms. The standard InChI is InChI=1S/C15H23N3O2/c1-18-9-3-2-6-13(18)8-10-20-14-7-4-5-12(11-14)15(16)17-19/h4-5,7,11,13,19H,2-3,6,8-10H2,1H3,(H2,16,17). The molecule has 1 aromatic rings. The van der Waals surface area contributed by atoms with Gasteiger partial charge in [-0.3, -0.25) is 0 Å². The summed E-state index contributed by atoms with van der Waals surface area (Å²) in [5, 5.41) is 11.7. The topological polar surface area (TPSA) is 71.1 Å². The minimum atomic E-state index is 0.0995. The van der Waals surface area contributed by atoms with Crippen LogP contribution in [0.1, 0.15) is 31.2 Å². The van der Waals surface area contributed by atoms with Crippen molar-refractivity contribution in [3.8, 4) is 5.75 Å². The van der Waals surface area contributed by atoms with Gasteiger partial charge in [0.05, 0.1) is 6.61 Å². The zero-order valence-electron chi connectivity index (χ0n) is 12.0. The highest BCUT2D eigenvalue weighted by Gasteiger charge is 2.18. The Balaban J connectivity index is 1.84. The summed E-state index contributed by atoms with van der Waals surface area (Å²) in [6, 6.07) is 7.93. The van der Waals surface area contributed by atoms with Crippen molar-refractivity contribution >= 4 is 5.84 Å². The molecular weight excluding hydrogens is 254 g/mol. The first kappa shape index (κ1) is 14.7. The number of amidine groups is 1. The Morgan fingerprint density at radius 3 is 3.10 bits per heavy atom. The predicted molar refractivity (Wildman–Crippen MR) is 79.3 cm³/mol. The van der Waals surface area contributed by atoms with Crippen LogP contribution in [0.2, 0.25) is 0 Å². The number of hydrogen-bond acceptors (Lipinski definition) is 4. The van der Waals surface area contributed by atoms with Gasteiger partial charge >= 0.3 is 0 Å². The molecule has 110 valence electrons. The maximum absolute atomic E-state index is 8.67. The monoisotopic (exact) mass is 277 g/mol. The Bertz CT molecular complexity index is 462. The second-order valence-electron chi connectivity index (χ2n) is 5.28. The molecule has 1 heterocycles. The SMILES string of the molecule is CN1CCCCC1CCOc1cccc(/C(N)=N/O)c1. The molecule has 1 unspecified atom stereocenters. The molecule has 0 radical (unpaired) electrons. The number of benzene rings is 1. The van der Waals surface area contributed by atoms with Gasteiger partial charge in [0.1, 0.15) is 5.75 Å². The fraction of sp³-hybridized carbons (Fsp3) is 0.533. The van der Waals surface area contributed by atoms with Gasteiger partial charge in [0.15, 0.2) is 5.84 Å². The fourth-order valence-corrected chi connectivity index (χ4v) is 2.62. The highest BCUT2D eigenvalue weighted by molar-refractivity contribution is 5.97. The maximum Gasteiger partial charge on any atom is 0.170 e. The molecule has 0 amide bonds. The second kappa shape index (κ2) is 7.14. The van der Waals surface area contributed by atoms with Crippen molar-refractivity contribution in [2.45, 2.75) is 31.7 Å². The van der Waals surface area contributed by atoms with Crippen molar-refractivity contribution in [3.63, 3.8) is 0 Å². The molecule has 2 rings (SSSR count). The molecule has 5 heteroatoms. The van der Waals surface area contributed by atoms with Gasteiger partial charge in [-0.1, -0.05) is 23.7 Å². The van der Waals surface area contributed by atoms with E-state index in [1.54, 1.807) is 12.1 Å². The number of nitrogens with zero attached hydrogens (tertiary/aromatic N) is 2. The minimum absolute atomic E-state index is 0.0995. The normalized spacial score (nSPS) is 20.9. The predicted octanol–water partition coefficient (Wildman–Crippen LogP) is 2.03. The van der Waals surface area contributed by atoms with E-state index >= 15 is 0 Å². The van der Waals surface area contributed by atoms with E-state index in [-0.39, 0.29) is 5.84 Å². The van der Waals surface area contributed by atoms with Crippen molar-refractivity contribution in [2.75, 3.05) is 20.2 Å². The van der Waals surface area contributed by atoms with E-state index in [0.717, 1.165) is 12.2 Å². The number of rotatable bonds is 5. The van der Waals surface area contributed by atoms with Crippen molar-refractivity contribution in [3.05, 3.63) is 29.8 Å². The number of piperidine rings is 1. The molecule has 20 heavy (non-hydrogen) atoms. The van der Waals surface area contributed by atoms with E-state index in [0.29, 0.717) is 18.2 Å². The van der Waals surface area contributed by atoms with Gasteiger partial charge in [0.2, 0.25) is 0 Å². The number of ether oxygens (including phenoxy) is 1. The van der Waals surface area contributed by atoms with Gasteiger partial charge in [-0.25, -0.2) is 0 Å². The number of likely N-dealkylation sites (tertiary alicyclic amines) is 1. The van der Waals surface area contributed by atoms with Gasteiger partial charge in [0, 0.05) is 11.6 Å². The molecule has 1 aliphatic heterocycles. The Morgan fingerprint density at radius 2 is 2.35 bits per heavy atom. The average molecular weight is 277 g/mol. The van der Waals surface area contributed by atoms with Crippen molar-refractivity contribution < 1.29 is 9.94 Å². The van der Waals surface area contributed by atoms with E-state index in [1.165, 1.54) is 25.8 Å². The van der Waals surface area contributed by atoms with Crippen LogP contribution in [0, 0.1) is 0 Å².